The highest BCUT2D eigenvalue weighted by Crippen LogP contribution is 2.33. The summed E-state index contributed by atoms with van der Waals surface area (Å²) in [6.45, 7) is 0. The van der Waals surface area contributed by atoms with Gasteiger partial charge >= 0.3 is 5.69 Å². The van der Waals surface area contributed by atoms with Gasteiger partial charge in [0.2, 0.25) is 11.6 Å². The van der Waals surface area contributed by atoms with Gasteiger partial charge in [-0.1, -0.05) is 42.5 Å². The summed E-state index contributed by atoms with van der Waals surface area (Å²) in [4.78, 5) is 41.6. The molecule has 0 aliphatic rings. The number of nitro groups is 2. The van der Waals surface area contributed by atoms with Gasteiger partial charge in [-0.3, -0.25) is 35.9 Å². The molecule has 0 saturated heterocycles. The molecule has 164 valence electrons. The summed E-state index contributed by atoms with van der Waals surface area (Å²) in [5, 5.41) is 27.4. The number of aromatic nitrogens is 2. The Morgan fingerprint density at radius 2 is 1.58 bits per heavy atom. The maximum Gasteiger partial charge on any atom is 0.355 e. The molecule has 12 nitrogen and oxygen atoms in total. The van der Waals surface area contributed by atoms with Gasteiger partial charge < -0.3 is 5.32 Å². The number of fused-ring (bicyclic) bond motifs is 1. The summed E-state index contributed by atoms with van der Waals surface area (Å²) in [7, 11) is 0. The average Bonchev–Trinajstić information content (AvgIpc) is 2.82. The number of non-ortho nitro benzene ring substituents is 1. The van der Waals surface area contributed by atoms with Gasteiger partial charge in [0.1, 0.15) is 6.33 Å². The van der Waals surface area contributed by atoms with E-state index < -0.39 is 21.4 Å². The predicted octanol–water partition coefficient (Wildman–Crippen LogP) is 3.95. The fraction of sp³-hybridized carbons (Fsp3) is 0. The molecule has 3 aromatic carbocycles. The number of anilines is 3. The van der Waals surface area contributed by atoms with E-state index >= 15 is 0 Å². The second-order valence-corrected chi connectivity index (χ2v) is 6.71. The molecule has 0 spiro atoms. The van der Waals surface area contributed by atoms with Crippen LogP contribution in [-0.2, 0) is 0 Å². The van der Waals surface area contributed by atoms with E-state index in [9.17, 15) is 25.0 Å². The SMILES string of the molecule is O=C(NNc1ncnc(Nc2cccc3ccccc23)c1[N+](=O)[O-])c1cccc([N+](=O)[O-])c1. The summed E-state index contributed by atoms with van der Waals surface area (Å²) in [6.07, 6.45) is 1.10. The molecule has 0 bridgehead atoms. The quantitative estimate of drug-likeness (QED) is 0.282. The molecule has 0 atom stereocenters. The Morgan fingerprint density at radius 1 is 0.848 bits per heavy atom. The molecule has 1 aromatic heterocycles. The third-order valence-corrected chi connectivity index (χ3v) is 4.66. The number of carbonyl (C=O) groups is 1. The molecule has 33 heavy (non-hydrogen) atoms. The molecule has 4 aromatic rings. The highest BCUT2D eigenvalue weighted by atomic mass is 16.6. The number of nitrogens with one attached hydrogen (secondary N) is 3. The van der Waals surface area contributed by atoms with Gasteiger partial charge in [0.05, 0.1) is 9.85 Å². The van der Waals surface area contributed by atoms with Crippen LogP contribution in [0, 0.1) is 20.2 Å². The van der Waals surface area contributed by atoms with Gasteiger partial charge in [-0.2, -0.15) is 0 Å². The number of hydrogen-bond donors (Lipinski definition) is 3. The fourth-order valence-corrected chi connectivity index (χ4v) is 3.15. The summed E-state index contributed by atoms with van der Waals surface area (Å²) in [5.74, 6) is -1.09. The monoisotopic (exact) mass is 445 g/mol. The largest absolute Gasteiger partial charge is 0.355 e. The first-order chi connectivity index (χ1) is 15.9. The normalized spacial score (nSPS) is 10.4. The van der Waals surface area contributed by atoms with Crippen LogP contribution in [0.25, 0.3) is 10.8 Å². The molecule has 1 heterocycles. The third-order valence-electron chi connectivity index (χ3n) is 4.66. The average molecular weight is 445 g/mol. The number of benzene rings is 3. The Bertz CT molecular complexity index is 1390. The summed E-state index contributed by atoms with van der Waals surface area (Å²) < 4.78 is 0. The minimum absolute atomic E-state index is 0.0116. The van der Waals surface area contributed by atoms with Crippen molar-refractivity contribution in [3.63, 3.8) is 0 Å². The van der Waals surface area contributed by atoms with Crippen LogP contribution in [0.4, 0.5) is 28.7 Å². The smallest absolute Gasteiger partial charge is 0.334 e. The number of nitrogens with zero attached hydrogens (tertiary/aromatic N) is 4. The molecule has 0 aliphatic heterocycles. The Morgan fingerprint density at radius 3 is 2.36 bits per heavy atom. The first-order valence-electron chi connectivity index (χ1n) is 9.49. The topological polar surface area (TPSA) is 165 Å². The van der Waals surface area contributed by atoms with E-state index in [2.05, 4.69) is 26.1 Å². The molecule has 1 amide bonds. The number of hydrogen-bond acceptors (Lipinski definition) is 9. The van der Waals surface area contributed by atoms with Crippen molar-refractivity contribution in [3.05, 3.63) is 98.8 Å². The molecule has 4 rings (SSSR count). The lowest BCUT2D eigenvalue weighted by molar-refractivity contribution is -0.384. The first-order valence-corrected chi connectivity index (χ1v) is 9.49. The zero-order valence-electron chi connectivity index (χ0n) is 16.8. The highest BCUT2D eigenvalue weighted by Gasteiger charge is 2.24. The zero-order chi connectivity index (χ0) is 23.4. The maximum absolute atomic E-state index is 12.4. The zero-order valence-corrected chi connectivity index (χ0v) is 16.8. The predicted molar refractivity (Wildman–Crippen MR) is 120 cm³/mol. The third kappa shape index (κ3) is 4.49. The van der Waals surface area contributed by atoms with Crippen LogP contribution in [0.1, 0.15) is 10.4 Å². The van der Waals surface area contributed by atoms with E-state index in [0.29, 0.717) is 5.69 Å². The van der Waals surface area contributed by atoms with Crippen molar-refractivity contribution in [3.8, 4) is 0 Å². The van der Waals surface area contributed by atoms with Gasteiger partial charge in [-0.05, 0) is 17.5 Å². The number of rotatable bonds is 7. The van der Waals surface area contributed by atoms with Crippen molar-refractivity contribution in [2.24, 2.45) is 0 Å². The minimum Gasteiger partial charge on any atom is -0.334 e. The molecule has 0 aliphatic carbocycles. The van der Waals surface area contributed by atoms with E-state index in [1.807, 2.05) is 30.3 Å². The second kappa shape index (κ2) is 8.93. The van der Waals surface area contributed by atoms with E-state index in [1.54, 1.807) is 12.1 Å². The van der Waals surface area contributed by atoms with Crippen LogP contribution >= 0.6 is 0 Å². The summed E-state index contributed by atoms with van der Waals surface area (Å²) >= 11 is 0. The molecule has 0 saturated carbocycles. The lowest BCUT2D eigenvalue weighted by Gasteiger charge is -2.12. The molecule has 0 fully saturated rings. The van der Waals surface area contributed by atoms with Crippen LogP contribution in [0.3, 0.4) is 0 Å². The van der Waals surface area contributed by atoms with Gasteiger partial charge in [0.15, 0.2) is 0 Å². The van der Waals surface area contributed by atoms with E-state index in [0.717, 1.165) is 23.2 Å². The van der Waals surface area contributed by atoms with Crippen molar-refractivity contribution in [1.29, 1.82) is 0 Å². The summed E-state index contributed by atoms with van der Waals surface area (Å²) in [6, 6.07) is 18.0. The van der Waals surface area contributed by atoms with E-state index in [1.165, 1.54) is 18.2 Å². The van der Waals surface area contributed by atoms with Crippen molar-refractivity contribution >= 4 is 45.4 Å². The molecule has 3 N–H and O–H groups in total. The lowest BCUT2D eigenvalue weighted by atomic mass is 10.1. The van der Waals surface area contributed by atoms with Crippen LogP contribution in [-0.4, -0.2) is 25.7 Å². The van der Waals surface area contributed by atoms with Gasteiger partial charge in [0, 0.05) is 28.8 Å². The molecule has 0 radical (unpaired) electrons. The Kier molecular flexibility index (Phi) is 5.72. The fourth-order valence-electron chi connectivity index (χ4n) is 3.15. The highest BCUT2D eigenvalue weighted by molar-refractivity contribution is 5.97. The van der Waals surface area contributed by atoms with Crippen molar-refractivity contribution in [1.82, 2.24) is 15.4 Å². The number of amides is 1. The van der Waals surface area contributed by atoms with Crippen molar-refractivity contribution < 1.29 is 14.6 Å². The van der Waals surface area contributed by atoms with Gasteiger partial charge in [-0.25, -0.2) is 9.97 Å². The summed E-state index contributed by atoms with van der Waals surface area (Å²) in [5.41, 5.74) is 4.49. The Balaban J connectivity index is 1.60. The van der Waals surface area contributed by atoms with E-state index in [-0.39, 0.29) is 22.9 Å². The number of carbonyl (C=O) groups excluding carboxylic acids is 1. The first kappa shape index (κ1) is 21.1. The van der Waals surface area contributed by atoms with Gasteiger partial charge in [-0.15, -0.1) is 0 Å². The molecular formula is C21H15N7O5. The number of nitro benzene ring substituents is 1. The lowest BCUT2D eigenvalue weighted by Crippen LogP contribution is -2.30. The maximum atomic E-state index is 12.4. The van der Waals surface area contributed by atoms with Crippen LogP contribution in [0.15, 0.2) is 73.1 Å². The van der Waals surface area contributed by atoms with E-state index in [4.69, 9.17) is 0 Å². The Labute approximate surface area is 185 Å². The minimum atomic E-state index is -0.741. The molecule has 12 heteroatoms. The van der Waals surface area contributed by atoms with Gasteiger partial charge in [0.25, 0.3) is 11.6 Å². The standard InChI is InChI=1S/C21H15N7O5/c29-21(14-7-3-8-15(11-14)27(30)31)26-25-20-18(28(32)33)19(22-12-23-20)24-17-10-4-6-13-5-1-2-9-16(13)17/h1-12H,(H,26,29)(H2,22,23,24,25). The van der Waals surface area contributed by atoms with Crippen LogP contribution in [0.2, 0.25) is 0 Å². The number of hydrazine groups is 1. The van der Waals surface area contributed by atoms with Crippen LogP contribution in [0.5, 0.6) is 0 Å². The van der Waals surface area contributed by atoms with Crippen LogP contribution < -0.4 is 16.2 Å². The molecular weight excluding hydrogens is 430 g/mol. The molecule has 0 unspecified atom stereocenters. The Hall–Kier alpha value is -5.13. The van der Waals surface area contributed by atoms with Crippen molar-refractivity contribution in [2.75, 3.05) is 10.7 Å². The van der Waals surface area contributed by atoms with Crippen molar-refractivity contribution in [2.45, 2.75) is 0 Å². The second-order valence-electron chi connectivity index (χ2n) is 6.71.